The molecule has 0 saturated carbocycles. The fraction of sp³-hybridized carbons (Fsp3) is 0.588. The Morgan fingerprint density at radius 2 is 1.96 bits per heavy atom. The van der Waals surface area contributed by atoms with Gasteiger partial charge in [0.2, 0.25) is 9.76 Å². The van der Waals surface area contributed by atoms with Gasteiger partial charge in [-0.3, -0.25) is 0 Å². The molecule has 0 aliphatic rings. The van der Waals surface area contributed by atoms with Crippen LogP contribution < -0.4 is 0 Å². The van der Waals surface area contributed by atoms with Crippen molar-refractivity contribution in [3.8, 4) is 0 Å². The van der Waals surface area contributed by atoms with Crippen molar-refractivity contribution in [2.45, 2.75) is 51.8 Å². The molecule has 1 aromatic carbocycles. The van der Waals surface area contributed by atoms with Gasteiger partial charge < -0.3 is 14.4 Å². The lowest BCUT2D eigenvalue weighted by molar-refractivity contribution is 0.109. The average molecular weight is 374 g/mol. The number of carbonyl (C=O) groups is 1. The van der Waals surface area contributed by atoms with E-state index < -0.39 is 18.4 Å². The molecule has 0 aliphatic heterocycles. The first-order valence-electron chi connectivity index (χ1n) is 7.74. The third kappa shape index (κ3) is 6.41. The standard InChI is InChI=1S/C17H25ClFNO3Si/c1-16(2,3)24-23-17(4,5)13-10-12(6-7-14(13)18)11-20(9-8-19)15(21)22/h6-7,10H,8-9,11H2,1-5H3,(H,21,22). The van der Waals surface area contributed by atoms with E-state index in [0.717, 1.165) is 16.0 Å². The molecule has 7 heteroatoms. The topological polar surface area (TPSA) is 49.8 Å². The van der Waals surface area contributed by atoms with Gasteiger partial charge in [-0.2, -0.15) is 0 Å². The number of halogens is 2. The normalized spacial score (nSPS) is 12.3. The molecule has 24 heavy (non-hydrogen) atoms. The van der Waals surface area contributed by atoms with E-state index in [9.17, 15) is 9.18 Å². The molecule has 1 rings (SSSR count). The van der Waals surface area contributed by atoms with Crippen LogP contribution in [0.2, 0.25) is 10.1 Å². The van der Waals surface area contributed by atoms with E-state index in [0.29, 0.717) is 14.8 Å². The van der Waals surface area contributed by atoms with Crippen molar-refractivity contribution in [1.29, 1.82) is 0 Å². The van der Waals surface area contributed by atoms with Gasteiger partial charge in [0.15, 0.2) is 0 Å². The Balaban J connectivity index is 3.02. The van der Waals surface area contributed by atoms with Crippen LogP contribution in [0, 0.1) is 0 Å². The fourth-order valence-electron chi connectivity index (χ4n) is 2.03. The molecular formula is C17H25ClFNO3Si. The van der Waals surface area contributed by atoms with Gasteiger partial charge in [-0.05, 0) is 36.6 Å². The summed E-state index contributed by atoms with van der Waals surface area (Å²) in [4.78, 5) is 12.2. The van der Waals surface area contributed by atoms with Gasteiger partial charge in [0.05, 0.1) is 12.1 Å². The van der Waals surface area contributed by atoms with E-state index >= 15 is 0 Å². The first-order valence-corrected chi connectivity index (χ1v) is 9.03. The van der Waals surface area contributed by atoms with Crippen LogP contribution >= 0.6 is 11.6 Å². The van der Waals surface area contributed by atoms with Crippen LogP contribution in [-0.4, -0.2) is 39.1 Å². The summed E-state index contributed by atoms with van der Waals surface area (Å²) in [6, 6.07) is 5.32. The van der Waals surface area contributed by atoms with Gasteiger partial charge in [-0.1, -0.05) is 38.4 Å². The zero-order valence-electron chi connectivity index (χ0n) is 14.8. The van der Waals surface area contributed by atoms with Crippen molar-refractivity contribution < 1.29 is 18.7 Å². The second-order valence-electron chi connectivity index (χ2n) is 7.17. The first kappa shape index (κ1) is 20.9. The average Bonchev–Trinajstić information content (AvgIpc) is 2.45. The molecule has 0 saturated heterocycles. The number of carboxylic acid groups (broad SMARTS) is 1. The zero-order chi connectivity index (χ0) is 18.5. The lowest BCUT2D eigenvalue weighted by Crippen LogP contribution is -2.31. The second kappa shape index (κ2) is 8.32. The smallest absolute Gasteiger partial charge is 0.407 e. The Morgan fingerprint density at radius 1 is 1.33 bits per heavy atom. The molecule has 1 aromatic rings. The first-order chi connectivity index (χ1) is 11.0. The maximum atomic E-state index is 12.5. The highest BCUT2D eigenvalue weighted by molar-refractivity contribution is 6.32. The summed E-state index contributed by atoms with van der Waals surface area (Å²) in [7, 11) is 0.291. The quantitative estimate of drug-likeness (QED) is 0.693. The van der Waals surface area contributed by atoms with Gasteiger partial charge in [0, 0.05) is 17.1 Å². The molecule has 0 unspecified atom stereocenters. The minimum Gasteiger partial charge on any atom is -0.465 e. The fourth-order valence-corrected chi connectivity index (χ4v) is 3.05. The Labute approximate surface area is 150 Å². The number of nitrogens with zero attached hydrogens (tertiary/aromatic N) is 1. The molecule has 1 N–H and O–H groups in total. The van der Waals surface area contributed by atoms with E-state index in [1.54, 1.807) is 12.1 Å². The lowest BCUT2D eigenvalue weighted by Gasteiger charge is -2.31. The minimum atomic E-state index is -1.14. The Morgan fingerprint density at radius 3 is 2.46 bits per heavy atom. The maximum Gasteiger partial charge on any atom is 0.407 e. The Hall–Kier alpha value is -1.11. The lowest BCUT2D eigenvalue weighted by atomic mass is 9.96. The molecule has 0 aliphatic carbocycles. The minimum absolute atomic E-state index is 0.0442. The molecule has 0 bridgehead atoms. The number of amides is 1. The third-order valence-corrected chi connectivity index (χ3v) is 4.84. The van der Waals surface area contributed by atoms with Crippen molar-refractivity contribution in [2.24, 2.45) is 0 Å². The van der Waals surface area contributed by atoms with Gasteiger partial charge in [-0.15, -0.1) is 0 Å². The summed E-state index contributed by atoms with van der Waals surface area (Å²) in [5, 5.41) is 9.74. The monoisotopic (exact) mass is 373 g/mol. The molecule has 2 radical (unpaired) electrons. The van der Waals surface area contributed by atoms with Crippen molar-refractivity contribution >= 4 is 27.5 Å². The van der Waals surface area contributed by atoms with Crippen molar-refractivity contribution in [3.05, 3.63) is 34.3 Å². The third-order valence-electron chi connectivity index (χ3n) is 3.29. The van der Waals surface area contributed by atoms with Crippen molar-refractivity contribution in [1.82, 2.24) is 4.90 Å². The van der Waals surface area contributed by atoms with E-state index in [4.69, 9.17) is 21.1 Å². The van der Waals surface area contributed by atoms with Crippen LogP contribution in [0.4, 0.5) is 9.18 Å². The molecule has 0 fully saturated rings. The highest BCUT2D eigenvalue weighted by Crippen LogP contribution is 2.34. The highest BCUT2D eigenvalue weighted by atomic mass is 35.5. The molecule has 0 atom stereocenters. The van der Waals surface area contributed by atoms with Crippen molar-refractivity contribution in [3.63, 3.8) is 0 Å². The van der Waals surface area contributed by atoms with E-state index in [2.05, 4.69) is 20.8 Å². The Kier molecular flexibility index (Phi) is 7.25. The van der Waals surface area contributed by atoms with Gasteiger partial charge >= 0.3 is 6.09 Å². The van der Waals surface area contributed by atoms with Gasteiger partial charge in [0.25, 0.3) is 0 Å². The number of benzene rings is 1. The van der Waals surface area contributed by atoms with Crippen LogP contribution in [0.15, 0.2) is 18.2 Å². The van der Waals surface area contributed by atoms with Gasteiger partial charge in [-0.25, -0.2) is 9.18 Å². The summed E-state index contributed by atoms with van der Waals surface area (Å²) in [5.41, 5.74) is 0.942. The second-order valence-corrected chi connectivity index (χ2v) is 9.49. The molecule has 1 amide bonds. The number of alkyl halides is 1. The van der Waals surface area contributed by atoms with Crippen LogP contribution in [0.25, 0.3) is 0 Å². The largest absolute Gasteiger partial charge is 0.465 e. The summed E-state index contributed by atoms with van der Waals surface area (Å²) in [5.74, 6) is 0. The summed E-state index contributed by atoms with van der Waals surface area (Å²) < 4.78 is 18.6. The molecular weight excluding hydrogens is 349 g/mol. The SMILES string of the molecule is CC(C)(C)[Si]OC(C)(C)c1cc(CN(CCF)C(=O)O)ccc1Cl. The van der Waals surface area contributed by atoms with E-state index in [-0.39, 0.29) is 18.1 Å². The number of rotatable bonds is 7. The number of hydrogen-bond acceptors (Lipinski definition) is 2. The summed E-state index contributed by atoms with van der Waals surface area (Å²) in [6.45, 7) is 9.41. The predicted octanol–water partition coefficient (Wildman–Crippen LogP) is 4.88. The van der Waals surface area contributed by atoms with Crippen molar-refractivity contribution in [2.75, 3.05) is 13.2 Å². The van der Waals surface area contributed by atoms with E-state index in [1.165, 1.54) is 0 Å². The van der Waals surface area contributed by atoms with Gasteiger partial charge in [0.1, 0.15) is 6.67 Å². The van der Waals surface area contributed by atoms with Crippen LogP contribution in [-0.2, 0) is 16.6 Å². The van der Waals surface area contributed by atoms with Crippen LogP contribution in [0.5, 0.6) is 0 Å². The summed E-state index contributed by atoms with van der Waals surface area (Å²) in [6.07, 6.45) is -1.14. The molecule has 0 heterocycles. The molecule has 134 valence electrons. The maximum absolute atomic E-state index is 12.5. The Bertz CT molecular complexity index is 575. The summed E-state index contributed by atoms with van der Waals surface area (Å²) >= 11 is 6.32. The zero-order valence-corrected chi connectivity index (χ0v) is 16.6. The van der Waals surface area contributed by atoms with E-state index in [1.807, 2.05) is 19.9 Å². The predicted molar refractivity (Wildman–Crippen MR) is 95.4 cm³/mol. The van der Waals surface area contributed by atoms with Crippen LogP contribution in [0.1, 0.15) is 45.7 Å². The highest BCUT2D eigenvalue weighted by Gasteiger charge is 2.28. The van der Waals surface area contributed by atoms with Crippen LogP contribution in [0.3, 0.4) is 0 Å². The molecule has 0 spiro atoms. The molecule has 4 nitrogen and oxygen atoms in total. The molecule has 0 aromatic heterocycles. The number of hydrogen-bond donors (Lipinski definition) is 1.